The maximum Gasteiger partial charge on any atom is 0.227 e. The highest BCUT2D eigenvalue weighted by atomic mass is 16.5. The van der Waals surface area contributed by atoms with E-state index in [1.165, 1.54) is 12.8 Å². The fraction of sp³-hybridized carbons (Fsp3) is 0.471. The summed E-state index contributed by atoms with van der Waals surface area (Å²) in [5.74, 6) is 1.52. The third kappa shape index (κ3) is 2.81. The van der Waals surface area contributed by atoms with Crippen LogP contribution in [0.1, 0.15) is 36.1 Å². The number of para-hydroxylation sites is 1. The van der Waals surface area contributed by atoms with Crippen molar-refractivity contribution in [1.29, 1.82) is 0 Å². The summed E-state index contributed by atoms with van der Waals surface area (Å²) >= 11 is 0. The molecule has 6 heteroatoms. The Labute approximate surface area is 135 Å². The number of benzene rings is 1. The van der Waals surface area contributed by atoms with Crippen molar-refractivity contribution in [3.8, 4) is 5.75 Å². The zero-order valence-corrected chi connectivity index (χ0v) is 13.2. The van der Waals surface area contributed by atoms with Crippen LogP contribution in [0.2, 0.25) is 0 Å². The van der Waals surface area contributed by atoms with Gasteiger partial charge < -0.3 is 9.64 Å². The first-order valence-corrected chi connectivity index (χ1v) is 8.06. The maximum absolute atomic E-state index is 12.4. The van der Waals surface area contributed by atoms with Gasteiger partial charge in [0.05, 0.1) is 25.3 Å². The van der Waals surface area contributed by atoms with Gasteiger partial charge in [-0.2, -0.15) is 0 Å². The van der Waals surface area contributed by atoms with E-state index in [0.717, 1.165) is 17.0 Å². The Hall–Kier alpha value is -2.37. The van der Waals surface area contributed by atoms with Gasteiger partial charge in [-0.05, 0) is 18.9 Å². The molecule has 0 unspecified atom stereocenters. The number of rotatable bonds is 5. The molecule has 1 saturated heterocycles. The van der Waals surface area contributed by atoms with Gasteiger partial charge in [0.2, 0.25) is 5.91 Å². The molecule has 23 heavy (non-hydrogen) atoms. The molecule has 0 bridgehead atoms. The molecule has 1 saturated carbocycles. The standard InChI is InChI=1S/C17H20N4O2/c1-23-16-5-3-2-4-13(16)8-17(22)20-9-14(10-20)21-11-15(18-19-21)12-6-7-12/h2-5,11-12,14H,6-10H2,1H3. The summed E-state index contributed by atoms with van der Waals surface area (Å²) < 4.78 is 7.22. The van der Waals surface area contributed by atoms with Crippen molar-refractivity contribution < 1.29 is 9.53 Å². The minimum Gasteiger partial charge on any atom is -0.496 e. The van der Waals surface area contributed by atoms with Crippen LogP contribution >= 0.6 is 0 Å². The van der Waals surface area contributed by atoms with Gasteiger partial charge in [0, 0.05) is 30.8 Å². The van der Waals surface area contributed by atoms with E-state index >= 15 is 0 Å². The number of methoxy groups -OCH3 is 1. The van der Waals surface area contributed by atoms with Crippen LogP contribution in [0.3, 0.4) is 0 Å². The van der Waals surface area contributed by atoms with E-state index in [9.17, 15) is 4.79 Å². The number of likely N-dealkylation sites (tertiary alicyclic amines) is 1. The number of aromatic nitrogens is 3. The van der Waals surface area contributed by atoms with E-state index < -0.39 is 0 Å². The summed E-state index contributed by atoms with van der Waals surface area (Å²) in [4.78, 5) is 14.3. The molecule has 1 aromatic heterocycles. The Morgan fingerprint density at radius 2 is 2.09 bits per heavy atom. The number of hydrogen-bond donors (Lipinski definition) is 0. The van der Waals surface area contributed by atoms with E-state index in [-0.39, 0.29) is 11.9 Å². The molecule has 0 atom stereocenters. The Morgan fingerprint density at radius 1 is 1.30 bits per heavy atom. The van der Waals surface area contributed by atoms with Crippen LogP contribution in [0.4, 0.5) is 0 Å². The largest absolute Gasteiger partial charge is 0.496 e. The monoisotopic (exact) mass is 312 g/mol. The summed E-state index contributed by atoms with van der Waals surface area (Å²) in [6, 6.07) is 7.92. The number of amides is 1. The van der Waals surface area contributed by atoms with Gasteiger partial charge in [0.25, 0.3) is 0 Å². The highest BCUT2D eigenvalue weighted by molar-refractivity contribution is 5.80. The second kappa shape index (κ2) is 5.68. The van der Waals surface area contributed by atoms with Gasteiger partial charge in [0.1, 0.15) is 5.75 Å². The van der Waals surface area contributed by atoms with Crippen molar-refractivity contribution in [3.05, 3.63) is 41.7 Å². The molecule has 0 spiro atoms. The normalized spacial score (nSPS) is 17.9. The lowest BCUT2D eigenvalue weighted by Gasteiger charge is -2.39. The van der Waals surface area contributed by atoms with Crippen LogP contribution in [0.15, 0.2) is 30.5 Å². The number of hydrogen-bond acceptors (Lipinski definition) is 4. The van der Waals surface area contributed by atoms with Gasteiger partial charge in [0.15, 0.2) is 0 Å². The molecule has 1 aliphatic carbocycles. The number of ether oxygens (including phenoxy) is 1. The summed E-state index contributed by atoms with van der Waals surface area (Å²) in [7, 11) is 1.63. The van der Waals surface area contributed by atoms with E-state index in [4.69, 9.17) is 4.74 Å². The fourth-order valence-corrected chi connectivity index (χ4v) is 2.99. The topological polar surface area (TPSA) is 60.2 Å². The van der Waals surface area contributed by atoms with Crippen molar-refractivity contribution >= 4 is 5.91 Å². The molecular formula is C17H20N4O2. The minimum absolute atomic E-state index is 0.133. The molecule has 1 amide bonds. The molecule has 1 aromatic carbocycles. The van der Waals surface area contributed by atoms with Crippen LogP contribution < -0.4 is 4.74 Å². The maximum atomic E-state index is 12.4. The van der Waals surface area contributed by atoms with Gasteiger partial charge in [-0.15, -0.1) is 5.10 Å². The Kier molecular flexibility index (Phi) is 3.52. The summed E-state index contributed by atoms with van der Waals surface area (Å²) in [5.41, 5.74) is 2.03. The van der Waals surface area contributed by atoms with Crippen LogP contribution in [0.5, 0.6) is 5.75 Å². The van der Waals surface area contributed by atoms with Crippen molar-refractivity contribution in [2.45, 2.75) is 31.2 Å². The quantitative estimate of drug-likeness (QED) is 0.844. The highest BCUT2D eigenvalue weighted by Gasteiger charge is 2.34. The van der Waals surface area contributed by atoms with Crippen molar-refractivity contribution in [1.82, 2.24) is 19.9 Å². The second-order valence-corrected chi connectivity index (χ2v) is 6.34. The molecule has 6 nitrogen and oxygen atoms in total. The molecule has 1 aliphatic heterocycles. The van der Waals surface area contributed by atoms with Crippen LogP contribution in [-0.4, -0.2) is 46.0 Å². The van der Waals surface area contributed by atoms with E-state index in [1.807, 2.05) is 40.0 Å². The molecular weight excluding hydrogens is 292 g/mol. The number of carbonyl (C=O) groups is 1. The summed E-state index contributed by atoms with van der Waals surface area (Å²) in [5, 5.41) is 8.45. The molecule has 0 radical (unpaired) electrons. The lowest BCUT2D eigenvalue weighted by atomic mass is 10.1. The Bertz CT molecular complexity index is 717. The van der Waals surface area contributed by atoms with Gasteiger partial charge in [-0.1, -0.05) is 23.4 Å². The Balaban J connectivity index is 1.34. The van der Waals surface area contributed by atoms with E-state index in [2.05, 4.69) is 10.3 Å². The van der Waals surface area contributed by atoms with Crippen LogP contribution in [0, 0.1) is 0 Å². The van der Waals surface area contributed by atoms with E-state index in [0.29, 0.717) is 25.4 Å². The molecule has 2 aromatic rings. The third-order valence-electron chi connectivity index (χ3n) is 4.65. The Morgan fingerprint density at radius 3 is 2.83 bits per heavy atom. The van der Waals surface area contributed by atoms with Crippen molar-refractivity contribution in [2.75, 3.05) is 20.2 Å². The predicted octanol–water partition coefficient (Wildman–Crippen LogP) is 1.79. The number of nitrogens with zero attached hydrogens (tertiary/aromatic N) is 4. The lowest BCUT2D eigenvalue weighted by Crippen LogP contribution is -2.51. The first-order chi connectivity index (χ1) is 11.2. The first-order valence-electron chi connectivity index (χ1n) is 8.06. The summed E-state index contributed by atoms with van der Waals surface area (Å²) in [6.07, 6.45) is 4.88. The first kappa shape index (κ1) is 14.2. The van der Waals surface area contributed by atoms with Crippen molar-refractivity contribution in [2.24, 2.45) is 0 Å². The molecule has 4 rings (SSSR count). The molecule has 2 fully saturated rings. The average Bonchev–Trinajstić information content (AvgIpc) is 3.26. The number of carbonyl (C=O) groups excluding carboxylic acids is 1. The van der Waals surface area contributed by atoms with Crippen LogP contribution in [0.25, 0.3) is 0 Å². The smallest absolute Gasteiger partial charge is 0.227 e. The molecule has 120 valence electrons. The minimum atomic E-state index is 0.133. The highest BCUT2D eigenvalue weighted by Crippen LogP contribution is 2.39. The van der Waals surface area contributed by atoms with Crippen LogP contribution in [-0.2, 0) is 11.2 Å². The zero-order valence-electron chi connectivity index (χ0n) is 13.2. The second-order valence-electron chi connectivity index (χ2n) is 6.34. The van der Waals surface area contributed by atoms with Gasteiger partial charge in [-0.25, -0.2) is 4.68 Å². The van der Waals surface area contributed by atoms with Gasteiger partial charge >= 0.3 is 0 Å². The SMILES string of the molecule is COc1ccccc1CC(=O)N1CC(n2cc(C3CC3)nn2)C1. The predicted molar refractivity (Wildman–Crippen MR) is 84.3 cm³/mol. The fourth-order valence-electron chi connectivity index (χ4n) is 2.99. The van der Waals surface area contributed by atoms with Crippen molar-refractivity contribution in [3.63, 3.8) is 0 Å². The summed E-state index contributed by atoms with van der Waals surface area (Å²) in [6.45, 7) is 1.42. The molecule has 0 N–H and O–H groups in total. The molecule has 2 heterocycles. The van der Waals surface area contributed by atoms with Gasteiger partial charge in [-0.3, -0.25) is 4.79 Å². The lowest BCUT2D eigenvalue weighted by molar-refractivity contribution is -0.136. The third-order valence-corrected chi connectivity index (χ3v) is 4.65. The average molecular weight is 312 g/mol. The van der Waals surface area contributed by atoms with E-state index in [1.54, 1.807) is 7.11 Å². The molecule has 2 aliphatic rings. The zero-order chi connectivity index (χ0) is 15.8.